The van der Waals surface area contributed by atoms with Crippen molar-refractivity contribution in [2.45, 2.75) is 63.0 Å². The molecule has 0 aromatic heterocycles. The Morgan fingerprint density at radius 1 is 1.00 bits per heavy atom. The van der Waals surface area contributed by atoms with Crippen LogP contribution in [0.4, 0.5) is 17.6 Å². The summed E-state index contributed by atoms with van der Waals surface area (Å²) in [6, 6.07) is 6.55. The number of hydrogen-bond donors (Lipinski definition) is 1. The fourth-order valence-corrected chi connectivity index (χ4v) is 6.03. The molecule has 5 rings (SSSR count). The van der Waals surface area contributed by atoms with Crippen LogP contribution in [0.2, 0.25) is 0 Å². The lowest BCUT2D eigenvalue weighted by Crippen LogP contribution is -2.45. The van der Waals surface area contributed by atoms with Gasteiger partial charge in [0.15, 0.2) is 0 Å². The lowest BCUT2D eigenvalue weighted by Gasteiger charge is -2.39. The number of piperidine rings is 1. The molecule has 34 heavy (non-hydrogen) atoms. The zero-order chi connectivity index (χ0) is 23.7. The minimum atomic E-state index is -4.29. The number of benzene rings is 1. The molecule has 186 valence electrons. The Labute approximate surface area is 198 Å². The summed E-state index contributed by atoms with van der Waals surface area (Å²) in [6.07, 6.45) is 4.68. The maximum Gasteiger partial charge on any atom is 0.416 e. The zero-order valence-corrected chi connectivity index (χ0v) is 19.4. The quantitative estimate of drug-likeness (QED) is 0.589. The van der Waals surface area contributed by atoms with Gasteiger partial charge in [0.05, 0.1) is 24.5 Å². The average Bonchev–Trinajstić information content (AvgIpc) is 3.05. The van der Waals surface area contributed by atoms with Gasteiger partial charge in [-0.3, -0.25) is 4.90 Å². The SMILES string of the molecule is FC1=CC(NCC2CC3CCC(C2)N3Cc2ccc(C(F)(F)F)cc2)CC=C1N1CCOCC1. The Morgan fingerprint density at radius 2 is 1.68 bits per heavy atom. The first kappa shape index (κ1) is 23.8. The van der Waals surface area contributed by atoms with Crippen LogP contribution in [0.15, 0.2) is 47.9 Å². The first-order chi connectivity index (χ1) is 16.4. The van der Waals surface area contributed by atoms with Crippen LogP contribution < -0.4 is 5.32 Å². The van der Waals surface area contributed by atoms with E-state index in [0.29, 0.717) is 43.5 Å². The molecule has 3 heterocycles. The highest BCUT2D eigenvalue weighted by molar-refractivity contribution is 5.30. The molecule has 1 aliphatic carbocycles. The van der Waals surface area contributed by atoms with Gasteiger partial charge in [-0.1, -0.05) is 18.2 Å². The predicted octanol–water partition coefficient (Wildman–Crippen LogP) is 4.88. The van der Waals surface area contributed by atoms with Crippen LogP contribution in [-0.2, 0) is 17.5 Å². The second kappa shape index (κ2) is 9.99. The predicted molar refractivity (Wildman–Crippen MR) is 123 cm³/mol. The minimum absolute atomic E-state index is 0.0209. The second-order valence-corrected chi connectivity index (χ2v) is 10.0. The third-order valence-electron chi connectivity index (χ3n) is 7.81. The van der Waals surface area contributed by atoms with E-state index < -0.39 is 11.7 Å². The monoisotopic (exact) mass is 479 g/mol. The van der Waals surface area contributed by atoms with Gasteiger partial charge in [0, 0.05) is 37.8 Å². The molecular formula is C26H33F4N3O. The Hall–Kier alpha value is -1.90. The number of nitrogens with one attached hydrogen (secondary N) is 1. The molecule has 0 radical (unpaired) electrons. The number of morpholine rings is 1. The molecule has 0 saturated carbocycles. The number of allylic oxidation sites excluding steroid dienone is 1. The van der Waals surface area contributed by atoms with Crippen molar-refractivity contribution >= 4 is 0 Å². The van der Waals surface area contributed by atoms with E-state index in [4.69, 9.17) is 4.74 Å². The van der Waals surface area contributed by atoms with E-state index in [1.54, 1.807) is 18.2 Å². The largest absolute Gasteiger partial charge is 0.416 e. The molecule has 4 aliphatic rings. The highest BCUT2D eigenvalue weighted by atomic mass is 19.4. The van der Waals surface area contributed by atoms with E-state index in [2.05, 4.69) is 15.1 Å². The molecule has 8 heteroatoms. The van der Waals surface area contributed by atoms with Crippen LogP contribution in [0.5, 0.6) is 0 Å². The lowest BCUT2D eigenvalue weighted by molar-refractivity contribution is -0.137. The summed E-state index contributed by atoms with van der Waals surface area (Å²) in [5, 5.41) is 3.57. The normalized spacial score (nSPS) is 30.3. The Kier molecular flexibility index (Phi) is 7.00. The maximum absolute atomic E-state index is 14.7. The molecule has 2 bridgehead atoms. The number of ether oxygens (including phenoxy) is 1. The van der Waals surface area contributed by atoms with Gasteiger partial charge in [0.25, 0.3) is 0 Å². The molecule has 3 aliphatic heterocycles. The molecule has 0 amide bonds. The van der Waals surface area contributed by atoms with Crippen LogP contribution in [0.1, 0.15) is 43.2 Å². The fourth-order valence-electron chi connectivity index (χ4n) is 6.03. The average molecular weight is 480 g/mol. The number of halogens is 4. The van der Waals surface area contributed by atoms with Gasteiger partial charge >= 0.3 is 6.18 Å². The van der Waals surface area contributed by atoms with Gasteiger partial charge in [-0.15, -0.1) is 0 Å². The van der Waals surface area contributed by atoms with Crippen molar-refractivity contribution < 1.29 is 22.3 Å². The summed E-state index contributed by atoms with van der Waals surface area (Å²) in [4.78, 5) is 4.55. The van der Waals surface area contributed by atoms with Gasteiger partial charge < -0.3 is 15.0 Å². The van der Waals surface area contributed by atoms with E-state index in [1.807, 2.05) is 6.08 Å². The van der Waals surface area contributed by atoms with Crippen LogP contribution >= 0.6 is 0 Å². The number of nitrogens with zero attached hydrogens (tertiary/aromatic N) is 2. The van der Waals surface area contributed by atoms with Crippen molar-refractivity contribution in [3.05, 3.63) is 59.1 Å². The van der Waals surface area contributed by atoms with Crippen molar-refractivity contribution in [2.24, 2.45) is 5.92 Å². The van der Waals surface area contributed by atoms with Gasteiger partial charge in [0.2, 0.25) is 0 Å². The topological polar surface area (TPSA) is 27.7 Å². The molecule has 1 aromatic rings. The third kappa shape index (κ3) is 5.34. The van der Waals surface area contributed by atoms with Crippen molar-refractivity contribution in [2.75, 3.05) is 32.8 Å². The van der Waals surface area contributed by atoms with Gasteiger partial charge in [-0.2, -0.15) is 13.2 Å². The van der Waals surface area contributed by atoms with Crippen LogP contribution in [0.3, 0.4) is 0 Å². The molecule has 3 saturated heterocycles. The van der Waals surface area contributed by atoms with Crippen molar-refractivity contribution in [3.8, 4) is 0 Å². The number of hydrogen-bond acceptors (Lipinski definition) is 4. The first-order valence-electron chi connectivity index (χ1n) is 12.4. The van der Waals surface area contributed by atoms with E-state index in [9.17, 15) is 17.6 Å². The summed E-state index contributed by atoms with van der Waals surface area (Å²) >= 11 is 0. The van der Waals surface area contributed by atoms with E-state index in [0.717, 1.165) is 57.3 Å². The van der Waals surface area contributed by atoms with E-state index in [1.165, 1.54) is 12.1 Å². The maximum atomic E-state index is 14.7. The van der Waals surface area contributed by atoms with Crippen LogP contribution in [0.25, 0.3) is 0 Å². The Bertz CT molecular complexity index is 894. The number of alkyl halides is 3. The minimum Gasteiger partial charge on any atom is -0.378 e. The molecule has 0 spiro atoms. The summed E-state index contributed by atoms with van der Waals surface area (Å²) in [5.74, 6) is 0.402. The van der Waals surface area contributed by atoms with Gasteiger partial charge in [-0.05, 0) is 68.3 Å². The Balaban J connectivity index is 1.11. The molecular weight excluding hydrogens is 446 g/mol. The highest BCUT2D eigenvalue weighted by Crippen LogP contribution is 2.40. The molecule has 4 nitrogen and oxygen atoms in total. The zero-order valence-electron chi connectivity index (χ0n) is 19.4. The summed E-state index contributed by atoms with van der Waals surface area (Å²) in [7, 11) is 0. The van der Waals surface area contributed by atoms with E-state index in [-0.39, 0.29) is 11.9 Å². The fraction of sp³-hybridized carbons (Fsp3) is 0.615. The van der Waals surface area contributed by atoms with Crippen molar-refractivity contribution in [3.63, 3.8) is 0 Å². The molecule has 3 fully saturated rings. The number of fused-ring (bicyclic) bond motifs is 2. The van der Waals surface area contributed by atoms with Gasteiger partial charge in [-0.25, -0.2) is 4.39 Å². The standard InChI is InChI=1S/C26H33F4N3O/c27-24-15-21(5-8-25(24)32-9-11-34-12-10-32)31-16-19-13-22-6-7-23(14-19)33(22)17-18-1-3-20(4-2-18)26(28,29)30/h1-4,8,15,19,21-23,31H,5-7,9-14,16-17H2. The first-order valence-corrected chi connectivity index (χ1v) is 12.4. The molecule has 1 aromatic carbocycles. The smallest absolute Gasteiger partial charge is 0.378 e. The molecule has 3 unspecified atom stereocenters. The summed E-state index contributed by atoms with van der Waals surface area (Å²) in [5.41, 5.74) is 1.05. The summed E-state index contributed by atoms with van der Waals surface area (Å²) in [6.45, 7) is 4.34. The van der Waals surface area contributed by atoms with Crippen LogP contribution in [0, 0.1) is 5.92 Å². The lowest BCUT2D eigenvalue weighted by atomic mass is 9.89. The molecule has 3 atom stereocenters. The Morgan fingerprint density at radius 3 is 2.29 bits per heavy atom. The summed E-state index contributed by atoms with van der Waals surface area (Å²) < 4.78 is 58.6. The van der Waals surface area contributed by atoms with Crippen molar-refractivity contribution in [1.82, 2.24) is 15.1 Å². The van der Waals surface area contributed by atoms with Crippen molar-refractivity contribution in [1.29, 1.82) is 0 Å². The number of rotatable bonds is 6. The van der Waals surface area contributed by atoms with Crippen LogP contribution in [-0.4, -0.2) is 60.8 Å². The van der Waals surface area contributed by atoms with E-state index >= 15 is 0 Å². The third-order valence-corrected chi connectivity index (χ3v) is 7.81. The second-order valence-electron chi connectivity index (χ2n) is 10.0. The van der Waals surface area contributed by atoms with Gasteiger partial charge in [0.1, 0.15) is 5.83 Å². The molecule has 1 N–H and O–H groups in total. The highest BCUT2D eigenvalue weighted by Gasteiger charge is 2.40.